The number of hydrogen-bond donors (Lipinski definition) is 1. The van der Waals surface area contributed by atoms with E-state index >= 15 is 0 Å². The number of hydrogen-bond acceptors (Lipinski definition) is 6. The molecule has 1 aromatic carbocycles. The van der Waals surface area contributed by atoms with Crippen molar-refractivity contribution < 1.29 is 19.2 Å². The molecular formula is C18H22N4O5. The number of nitro groups is 1. The summed E-state index contributed by atoms with van der Waals surface area (Å²) in [7, 11) is 0. The first kappa shape index (κ1) is 18.8. The molecule has 0 radical (unpaired) electrons. The molecule has 144 valence electrons. The number of anilines is 1. The second-order valence-corrected chi connectivity index (χ2v) is 6.68. The summed E-state index contributed by atoms with van der Waals surface area (Å²) in [5.74, 6) is -0.290. The number of nitro benzene ring substituents is 1. The minimum atomic E-state index is -0.516. The molecule has 9 heteroatoms. The number of nitrogens with zero attached hydrogens (tertiary/aromatic N) is 3. The standard InChI is InChI=1S/C18H22N4O5/c1-4-5-6-12-9-13-16(17(22(25)26)15(12)19-10(2)23)20-18-14(27-11(3)24)7-8-21(13)18/h9,14H,4-8H2,1-3H3,(H,19,23). The van der Waals surface area contributed by atoms with Crippen molar-refractivity contribution in [2.45, 2.75) is 59.1 Å². The molecule has 3 rings (SSSR count). The fourth-order valence-corrected chi connectivity index (χ4v) is 3.54. The van der Waals surface area contributed by atoms with E-state index in [0.29, 0.717) is 36.3 Å². The molecule has 0 bridgehead atoms. The maximum absolute atomic E-state index is 11.8. The number of imidazole rings is 1. The first-order valence-corrected chi connectivity index (χ1v) is 8.98. The van der Waals surface area contributed by atoms with Gasteiger partial charge in [-0.15, -0.1) is 0 Å². The lowest BCUT2D eigenvalue weighted by Crippen LogP contribution is -2.11. The SMILES string of the molecule is CCCCc1cc2c(nc3n2CCC3OC(C)=O)c([N+](=O)[O-])c1NC(C)=O. The van der Waals surface area contributed by atoms with Gasteiger partial charge < -0.3 is 14.6 Å². The molecule has 9 nitrogen and oxygen atoms in total. The molecule has 27 heavy (non-hydrogen) atoms. The Morgan fingerprint density at radius 3 is 2.78 bits per heavy atom. The van der Waals surface area contributed by atoms with Crippen LogP contribution in [0.3, 0.4) is 0 Å². The number of carbonyl (C=O) groups excluding carboxylic acids is 2. The largest absolute Gasteiger partial charge is 0.454 e. The second kappa shape index (κ2) is 7.34. The van der Waals surface area contributed by atoms with Crippen LogP contribution in [0, 0.1) is 10.1 Å². The lowest BCUT2D eigenvalue weighted by atomic mass is 10.0. The number of amides is 1. The van der Waals surface area contributed by atoms with Crippen LogP contribution in [0.2, 0.25) is 0 Å². The van der Waals surface area contributed by atoms with Crippen LogP contribution in [-0.2, 0) is 27.3 Å². The summed E-state index contributed by atoms with van der Waals surface area (Å²) in [5, 5.41) is 14.5. The van der Waals surface area contributed by atoms with Crippen LogP contribution >= 0.6 is 0 Å². The number of unbranched alkanes of at least 4 members (excludes halogenated alkanes) is 1. The molecule has 1 aromatic heterocycles. The molecule has 0 saturated carbocycles. The van der Waals surface area contributed by atoms with Gasteiger partial charge >= 0.3 is 11.7 Å². The van der Waals surface area contributed by atoms with Crippen molar-refractivity contribution in [1.82, 2.24) is 9.55 Å². The van der Waals surface area contributed by atoms with E-state index < -0.39 is 17.0 Å². The molecule has 0 fully saturated rings. The van der Waals surface area contributed by atoms with Crippen molar-refractivity contribution in [2.24, 2.45) is 0 Å². The summed E-state index contributed by atoms with van der Waals surface area (Å²) in [4.78, 5) is 38.8. The van der Waals surface area contributed by atoms with Gasteiger partial charge in [0.1, 0.15) is 5.69 Å². The van der Waals surface area contributed by atoms with E-state index in [1.54, 1.807) is 0 Å². The number of aromatic nitrogens is 2. The van der Waals surface area contributed by atoms with Crippen LogP contribution in [0.4, 0.5) is 11.4 Å². The zero-order valence-corrected chi connectivity index (χ0v) is 15.6. The average molecular weight is 374 g/mol. The van der Waals surface area contributed by atoms with E-state index in [9.17, 15) is 19.7 Å². The molecule has 1 unspecified atom stereocenters. The fourth-order valence-electron chi connectivity index (χ4n) is 3.54. The quantitative estimate of drug-likeness (QED) is 0.471. The smallest absolute Gasteiger partial charge is 0.320 e. The van der Waals surface area contributed by atoms with Gasteiger partial charge in [-0.1, -0.05) is 13.3 Å². The van der Waals surface area contributed by atoms with Gasteiger partial charge in [-0.25, -0.2) is 4.98 Å². The molecule has 0 saturated heterocycles. The number of ether oxygens (including phenoxy) is 1. The molecule has 1 aliphatic heterocycles. The number of benzene rings is 1. The Bertz CT molecular complexity index is 934. The molecule has 2 aromatic rings. The zero-order chi connectivity index (χ0) is 19.7. The van der Waals surface area contributed by atoms with E-state index in [1.807, 2.05) is 17.6 Å². The van der Waals surface area contributed by atoms with Gasteiger partial charge in [0.25, 0.3) is 0 Å². The van der Waals surface area contributed by atoms with Gasteiger partial charge in [0.2, 0.25) is 5.91 Å². The third-order valence-corrected chi connectivity index (χ3v) is 4.62. The monoisotopic (exact) mass is 374 g/mol. The predicted molar refractivity (Wildman–Crippen MR) is 98.4 cm³/mol. The number of carbonyl (C=O) groups is 2. The maximum Gasteiger partial charge on any atom is 0.320 e. The summed E-state index contributed by atoms with van der Waals surface area (Å²) in [6.45, 7) is 5.24. The lowest BCUT2D eigenvalue weighted by Gasteiger charge is -2.12. The highest BCUT2D eigenvalue weighted by Gasteiger charge is 2.34. The molecule has 2 heterocycles. The van der Waals surface area contributed by atoms with Gasteiger partial charge in [-0.2, -0.15) is 0 Å². The average Bonchev–Trinajstić information content (AvgIpc) is 3.11. The molecule has 0 aliphatic carbocycles. The molecule has 1 aliphatic rings. The number of fused-ring (bicyclic) bond motifs is 3. The number of aryl methyl sites for hydroxylation is 2. The number of rotatable bonds is 6. The summed E-state index contributed by atoms with van der Waals surface area (Å²) in [6, 6.07) is 1.86. The molecule has 1 N–H and O–H groups in total. The summed E-state index contributed by atoms with van der Waals surface area (Å²) in [6.07, 6.45) is 2.44. The minimum absolute atomic E-state index is 0.203. The van der Waals surface area contributed by atoms with Crippen LogP contribution < -0.4 is 5.32 Å². The van der Waals surface area contributed by atoms with E-state index in [0.717, 1.165) is 12.8 Å². The lowest BCUT2D eigenvalue weighted by molar-refractivity contribution is -0.382. The highest BCUT2D eigenvalue weighted by molar-refractivity contribution is 6.00. The van der Waals surface area contributed by atoms with Crippen molar-refractivity contribution in [3.8, 4) is 0 Å². The Kier molecular flexibility index (Phi) is 5.11. The van der Waals surface area contributed by atoms with E-state index in [2.05, 4.69) is 10.3 Å². The van der Waals surface area contributed by atoms with E-state index in [1.165, 1.54) is 13.8 Å². The first-order valence-electron chi connectivity index (χ1n) is 8.98. The maximum atomic E-state index is 11.8. The Balaban J connectivity index is 2.24. The summed E-state index contributed by atoms with van der Waals surface area (Å²) in [5.41, 5.74) is 1.54. The van der Waals surface area contributed by atoms with Gasteiger partial charge in [0.05, 0.1) is 10.4 Å². The van der Waals surface area contributed by atoms with Crippen LogP contribution in [0.25, 0.3) is 11.0 Å². The van der Waals surface area contributed by atoms with Gasteiger partial charge in [-0.3, -0.25) is 19.7 Å². The normalized spacial score (nSPS) is 15.6. The Hall–Kier alpha value is -2.97. The summed E-state index contributed by atoms with van der Waals surface area (Å²) < 4.78 is 7.16. The topological polar surface area (TPSA) is 116 Å². The Morgan fingerprint density at radius 2 is 2.19 bits per heavy atom. The van der Waals surface area contributed by atoms with Crippen LogP contribution in [-0.4, -0.2) is 26.4 Å². The van der Waals surface area contributed by atoms with Gasteiger partial charge in [0, 0.05) is 26.8 Å². The van der Waals surface area contributed by atoms with Crippen molar-refractivity contribution in [1.29, 1.82) is 0 Å². The number of esters is 1. The highest BCUT2D eigenvalue weighted by Crippen LogP contribution is 2.41. The van der Waals surface area contributed by atoms with Crippen LogP contribution in [0.1, 0.15) is 57.5 Å². The number of nitrogens with one attached hydrogen (secondary N) is 1. The van der Waals surface area contributed by atoms with E-state index in [4.69, 9.17) is 4.74 Å². The predicted octanol–water partition coefficient (Wildman–Crippen LogP) is 3.25. The molecule has 1 atom stereocenters. The van der Waals surface area contributed by atoms with Gasteiger partial charge in [-0.05, 0) is 24.5 Å². The molecule has 0 spiro atoms. The van der Waals surface area contributed by atoms with Gasteiger partial charge in [0.15, 0.2) is 17.4 Å². The minimum Gasteiger partial charge on any atom is -0.454 e. The van der Waals surface area contributed by atoms with Crippen LogP contribution in [0.15, 0.2) is 6.07 Å². The zero-order valence-electron chi connectivity index (χ0n) is 15.6. The van der Waals surface area contributed by atoms with Crippen LogP contribution in [0.5, 0.6) is 0 Å². The van der Waals surface area contributed by atoms with Crippen molar-refractivity contribution in [3.63, 3.8) is 0 Å². The second-order valence-electron chi connectivity index (χ2n) is 6.68. The van der Waals surface area contributed by atoms with Crippen molar-refractivity contribution >= 4 is 34.3 Å². The van der Waals surface area contributed by atoms with Crippen molar-refractivity contribution in [3.05, 3.63) is 27.6 Å². The molecular weight excluding hydrogens is 352 g/mol. The summed E-state index contributed by atoms with van der Waals surface area (Å²) >= 11 is 0. The molecule has 1 amide bonds. The third-order valence-electron chi connectivity index (χ3n) is 4.62. The first-order chi connectivity index (χ1) is 12.8. The van der Waals surface area contributed by atoms with Crippen molar-refractivity contribution in [2.75, 3.05) is 5.32 Å². The third kappa shape index (κ3) is 3.49. The fraction of sp³-hybridized carbons (Fsp3) is 0.500. The Morgan fingerprint density at radius 1 is 1.44 bits per heavy atom. The highest BCUT2D eigenvalue weighted by atomic mass is 16.6. The van der Waals surface area contributed by atoms with E-state index in [-0.39, 0.29) is 22.8 Å². The Labute approximate surface area is 155 Å².